The van der Waals surface area contributed by atoms with Gasteiger partial charge in [-0.1, -0.05) is 35.9 Å². The third-order valence-corrected chi connectivity index (χ3v) is 5.19. The second-order valence-electron chi connectivity index (χ2n) is 7.19. The molecule has 4 N–H and O–H groups in total. The first kappa shape index (κ1) is 23.1. The topological polar surface area (TPSA) is 115 Å². The summed E-state index contributed by atoms with van der Waals surface area (Å²) in [4.78, 5) is 29.6. The van der Waals surface area contributed by atoms with Crippen LogP contribution in [0, 0.1) is 5.82 Å². The lowest BCUT2D eigenvalue weighted by atomic mass is 10.1. The van der Waals surface area contributed by atoms with E-state index in [1.807, 2.05) is 6.07 Å². The minimum Gasteiger partial charge on any atom is -0.349 e. The number of benzene rings is 2. The fraction of sp³-hybridized carbons (Fsp3) is 0.0833. The standard InChI is InChI=1S/C24H20ClFN6O2/c25-18-9-8-15(22-19(26)7-4-11-28-22)13-17(18)23(33)30-21-14-20(24(34)29-12-10-27)31-32(21)16-5-2-1-3-6-16/h1-9,11,13-14H,10,12,27H2,(H,29,34)(H,30,33). The molecule has 0 atom stereocenters. The monoisotopic (exact) mass is 478 g/mol. The third-order valence-electron chi connectivity index (χ3n) is 4.86. The Hall–Kier alpha value is -4.08. The fourth-order valence-electron chi connectivity index (χ4n) is 3.25. The first-order chi connectivity index (χ1) is 16.5. The molecule has 0 unspecified atom stereocenters. The summed E-state index contributed by atoms with van der Waals surface area (Å²) in [6, 6.07) is 17.8. The van der Waals surface area contributed by atoms with E-state index in [4.69, 9.17) is 17.3 Å². The van der Waals surface area contributed by atoms with Crippen molar-refractivity contribution in [1.82, 2.24) is 20.1 Å². The molecule has 2 amide bonds. The van der Waals surface area contributed by atoms with Crippen LogP contribution in [0.1, 0.15) is 20.8 Å². The molecule has 4 aromatic rings. The minimum atomic E-state index is -0.561. The summed E-state index contributed by atoms with van der Waals surface area (Å²) in [6.07, 6.45) is 1.46. The van der Waals surface area contributed by atoms with Gasteiger partial charge in [0.15, 0.2) is 5.69 Å². The number of rotatable bonds is 7. The largest absolute Gasteiger partial charge is 0.349 e. The quantitative estimate of drug-likeness (QED) is 0.375. The van der Waals surface area contributed by atoms with Crippen LogP contribution in [0.4, 0.5) is 10.2 Å². The van der Waals surface area contributed by atoms with Gasteiger partial charge in [0.2, 0.25) is 0 Å². The Morgan fingerprint density at radius 2 is 1.82 bits per heavy atom. The van der Waals surface area contributed by atoms with Crippen molar-refractivity contribution in [3.63, 3.8) is 0 Å². The minimum absolute atomic E-state index is 0.0985. The molecule has 2 heterocycles. The number of carbonyl (C=O) groups excluding carboxylic acids is 2. The van der Waals surface area contributed by atoms with E-state index < -0.39 is 17.6 Å². The Balaban J connectivity index is 1.69. The molecule has 0 spiro atoms. The number of carbonyl (C=O) groups is 2. The van der Waals surface area contributed by atoms with Crippen molar-refractivity contribution in [1.29, 1.82) is 0 Å². The molecule has 2 aromatic carbocycles. The zero-order valence-corrected chi connectivity index (χ0v) is 18.6. The molecule has 0 aliphatic carbocycles. The van der Waals surface area contributed by atoms with Gasteiger partial charge in [0.25, 0.3) is 11.8 Å². The van der Waals surface area contributed by atoms with Crippen LogP contribution in [-0.2, 0) is 0 Å². The van der Waals surface area contributed by atoms with E-state index in [-0.39, 0.29) is 40.9 Å². The van der Waals surface area contributed by atoms with Crippen LogP contribution in [-0.4, -0.2) is 39.7 Å². The molecule has 0 aliphatic rings. The van der Waals surface area contributed by atoms with Gasteiger partial charge in [-0.25, -0.2) is 9.07 Å². The number of nitrogens with zero attached hydrogens (tertiary/aromatic N) is 3. The maximum Gasteiger partial charge on any atom is 0.271 e. The van der Waals surface area contributed by atoms with E-state index in [9.17, 15) is 14.0 Å². The lowest BCUT2D eigenvalue weighted by Gasteiger charge is -2.11. The van der Waals surface area contributed by atoms with E-state index in [1.165, 1.54) is 41.2 Å². The first-order valence-electron chi connectivity index (χ1n) is 10.3. The van der Waals surface area contributed by atoms with Crippen molar-refractivity contribution in [3.8, 4) is 16.9 Å². The molecule has 0 aliphatic heterocycles. The predicted molar refractivity (Wildman–Crippen MR) is 128 cm³/mol. The lowest BCUT2D eigenvalue weighted by molar-refractivity contribution is 0.0948. The molecule has 8 nitrogen and oxygen atoms in total. The average Bonchev–Trinajstić information content (AvgIpc) is 3.27. The van der Waals surface area contributed by atoms with E-state index in [2.05, 4.69) is 20.7 Å². The summed E-state index contributed by atoms with van der Waals surface area (Å²) in [5, 5.41) is 9.90. The van der Waals surface area contributed by atoms with Crippen molar-refractivity contribution in [2.45, 2.75) is 0 Å². The number of aromatic nitrogens is 3. The number of nitrogens with one attached hydrogen (secondary N) is 2. The van der Waals surface area contributed by atoms with Crippen LogP contribution in [0.25, 0.3) is 16.9 Å². The van der Waals surface area contributed by atoms with Crippen LogP contribution in [0.15, 0.2) is 72.9 Å². The van der Waals surface area contributed by atoms with Crippen LogP contribution in [0.2, 0.25) is 5.02 Å². The first-order valence-corrected chi connectivity index (χ1v) is 10.7. The number of amides is 2. The fourth-order valence-corrected chi connectivity index (χ4v) is 3.46. The van der Waals surface area contributed by atoms with E-state index >= 15 is 0 Å². The Morgan fingerprint density at radius 1 is 1.03 bits per heavy atom. The Bertz CT molecular complexity index is 1340. The lowest BCUT2D eigenvalue weighted by Crippen LogP contribution is -2.29. The van der Waals surface area contributed by atoms with Crippen molar-refractivity contribution in [3.05, 3.63) is 95.0 Å². The Kier molecular flexibility index (Phi) is 6.95. The molecule has 4 rings (SSSR count). The van der Waals surface area contributed by atoms with Gasteiger partial charge >= 0.3 is 0 Å². The Labute approximate surface area is 199 Å². The summed E-state index contributed by atoms with van der Waals surface area (Å²) in [6.45, 7) is 0.561. The summed E-state index contributed by atoms with van der Waals surface area (Å²) < 4.78 is 15.6. The van der Waals surface area contributed by atoms with Gasteiger partial charge in [-0.15, -0.1) is 0 Å². The number of para-hydroxylation sites is 1. The number of halogens is 2. The van der Waals surface area contributed by atoms with Crippen LogP contribution in [0.5, 0.6) is 0 Å². The Morgan fingerprint density at radius 3 is 2.56 bits per heavy atom. The molecule has 2 aromatic heterocycles. The maximum atomic E-state index is 14.2. The second kappa shape index (κ2) is 10.2. The molecule has 34 heavy (non-hydrogen) atoms. The zero-order valence-electron chi connectivity index (χ0n) is 17.8. The molecule has 0 saturated carbocycles. The van der Waals surface area contributed by atoms with Gasteiger partial charge in [0.1, 0.15) is 17.3 Å². The number of pyridine rings is 1. The van der Waals surface area contributed by atoms with Gasteiger partial charge in [-0.2, -0.15) is 5.10 Å². The van der Waals surface area contributed by atoms with E-state index in [1.54, 1.807) is 30.3 Å². The summed E-state index contributed by atoms with van der Waals surface area (Å²) in [5.41, 5.74) is 6.79. The summed E-state index contributed by atoms with van der Waals surface area (Å²) >= 11 is 6.28. The molecule has 10 heteroatoms. The molecule has 0 fully saturated rings. The van der Waals surface area contributed by atoms with Crippen molar-refractivity contribution in [2.24, 2.45) is 5.73 Å². The highest BCUT2D eigenvalue weighted by Crippen LogP contribution is 2.27. The van der Waals surface area contributed by atoms with E-state index in [0.29, 0.717) is 11.3 Å². The van der Waals surface area contributed by atoms with Gasteiger partial charge in [-0.05, 0) is 36.4 Å². The number of hydrogen-bond acceptors (Lipinski definition) is 5. The number of anilines is 1. The van der Waals surface area contributed by atoms with Gasteiger partial charge in [-0.3, -0.25) is 14.6 Å². The molecule has 0 saturated heterocycles. The average molecular weight is 479 g/mol. The van der Waals surface area contributed by atoms with Crippen LogP contribution < -0.4 is 16.4 Å². The molecular formula is C24H20ClFN6O2. The molecule has 0 bridgehead atoms. The second-order valence-corrected chi connectivity index (χ2v) is 7.60. The van der Waals surface area contributed by atoms with Crippen molar-refractivity contribution < 1.29 is 14.0 Å². The number of hydrogen-bond donors (Lipinski definition) is 3. The normalized spacial score (nSPS) is 10.7. The van der Waals surface area contributed by atoms with Crippen molar-refractivity contribution >= 4 is 29.2 Å². The van der Waals surface area contributed by atoms with E-state index in [0.717, 1.165) is 0 Å². The maximum absolute atomic E-state index is 14.2. The van der Waals surface area contributed by atoms with Gasteiger partial charge in [0.05, 0.1) is 16.3 Å². The number of nitrogens with two attached hydrogens (primary N) is 1. The summed E-state index contributed by atoms with van der Waals surface area (Å²) in [7, 11) is 0. The highest BCUT2D eigenvalue weighted by atomic mass is 35.5. The smallest absolute Gasteiger partial charge is 0.271 e. The predicted octanol–water partition coefficient (Wildman–Crippen LogP) is 3.67. The molecule has 0 radical (unpaired) electrons. The van der Waals surface area contributed by atoms with Crippen LogP contribution >= 0.6 is 11.6 Å². The van der Waals surface area contributed by atoms with Gasteiger partial charge < -0.3 is 16.4 Å². The SMILES string of the molecule is NCCNC(=O)c1cc(NC(=O)c2cc(-c3ncccc3F)ccc2Cl)n(-c2ccccc2)n1. The third kappa shape index (κ3) is 4.95. The zero-order chi connectivity index (χ0) is 24.1. The highest BCUT2D eigenvalue weighted by molar-refractivity contribution is 6.34. The summed E-state index contributed by atoms with van der Waals surface area (Å²) in [5.74, 6) is -1.26. The van der Waals surface area contributed by atoms with Gasteiger partial charge in [0, 0.05) is 30.9 Å². The molecule has 172 valence electrons. The molecular weight excluding hydrogens is 459 g/mol. The van der Waals surface area contributed by atoms with Crippen molar-refractivity contribution in [2.75, 3.05) is 18.4 Å². The highest BCUT2D eigenvalue weighted by Gasteiger charge is 2.20. The van der Waals surface area contributed by atoms with Crippen LogP contribution in [0.3, 0.4) is 0 Å².